The number of ether oxygens (including phenoxy) is 2. The molecule has 7 heteroatoms. The van der Waals surface area contributed by atoms with Gasteiger partial charge in [-0.15, -0.1) is 0 Å². The summed E-state index contributed by atoms with van der Waals surface area (Å²) < 4.78 is 11.2. The van der Waals surface area contributed by atoms with Crippen molar-refractivity contribution >= 4 is 11.9 Å². The topological polar surface area (TPSA) is 91.3 Å². The van der Waals surface area contributed by atoms with Crippen molar-refractivity contribution in [3.05, 3.63) is 24.3 Å². The number of aliphatic hydroxyl groups is 1. The van der Waals surface area contributed by atoms with E-state index in [-0.39, 0.29) is 18.4 Å². The van der Waals surface area contributed by atoms with Crippen LogP contribution in [0.15, 0.2) is 24.3 Å². The number of carbonyl (C=O) groups excluding carboxylic acids is 2. The van der Waals surface area contributed by atoms with Crippen molar-refractivity contribution in [3.8, 4) is 0 Å². The SMILES string of the molecule is C=C1C(=O)OC2C1C(OC(=O)CC)CC(C)(O)C13C=CC(C)(OO1)C23. The number of hydrogen-bond donors (Lipinski definition) is 1. The Kier molecular flexibility index (Phi) is 3.30. The number of esters is 2. The summed E-state index contributed by atoms with van der Waals surface area (Å²) in [6.07, 6.45) is 2.50. The molecular weight excluding hydrogens is 328 g/mol. The van der Waals surface area contributed by atoms with Gasteiger partial charge in [-0.1, -0.05) is 19.6 Å². The standard InChI is InChI=1S/C18H22O7/c1-5-11(19)22-10-8-17(4,21)18-7-6-16(3,24-25-18)14(18)13-12(10)9(2)15(20)23-13/h6-7,10,12-14,21H,2,5,8H2,1,3-4H3. The molecule has 4 aliphatic rings. The zero-order valence-electron chi connectivity index (χ0n) is 14.5. The van der Waals surface area contributed by atoms with E-state index in [4.69, 9.17) is 19.2 Å². The van der Waals surface area contributed by atoms with Crippen LogP contribution in [0.2, 0.25) is 0 Å². The first-order valence-electron chi connectivity index (χ1n) is 8.54. The van der Waals surface area contributed by atoms with E-state index in [2.05, 4.69) is 6.58 Å². The molecule has 136 valence electrons. The maximum atomic E-state index is 12.2. The lowest BCUT2D eigenvalue weighted by Crippen LogP contribution is -2.56. The number of hydrogen-bond acceptors (Lipinski definition) is 7. The van der Waals surface area contributed by atoms with Gasteiger partial charge in [0, 0.05) is 18.4 Å². The molecule has 2 aliphatic carbocycles. The molecule has 7 nitrogen and oxygen atoms in total. The molecule has 2 saturated heterocycles. The molecule has 0 amide bonds. The molecule has 1 N–H and O–H groups in total. The van der Waals surface area contributed by atoms with Crippen LogP contribution < -0.4 is 0 Å². The molecule has 2 bridgehead atoms. The molecule has 4 rings (SSSR count). The van der Waals surface area contributed by atoms with Gasteiger partial charge in [0.25, 0.3) is 0 Å². The summed E-state index contributed by atoms with van der Waals surface area (Å²) in [5.41, 5.74) is -3.16. The zero-order chi connectivity index (χ0) is 18.2. The van der Waals surface area contributed by atoms with Crippen LogP contribution >= 0.6 is 0 Å². The first-order valence-corrected chi connectivity index (χ1v) is 8.54. The quantitative estimate of drug-likeness (QED) is 0.346. The molecule has 7 unspecified atom stereocenters. The average molecular weight is 350 g/mol. The molecule has 0 spiro atoms. The van der Waals surface area contributed by atoms with E-state index in [1.807, 2.05) is 13.0 Å². The summed E-state index contributed by atoms with van der Waals surface area (Å²) >= 11 is 0. The second kappa shape index (κ2) is 4.93. The lowest BCUT2D eigenvalue weighted by Gasteiger charge is -2.40. The van der Waals surface area contributed by atoms with E-state index in [0.29, 0.717) is 0 Å². The van der Waals surface area contributed by atoms with Crippen LogP contribution in [-0.2, 0) is 28.8 Å². The van der Waals surface area contributed by atoms with Crippen molar-refractivity contribution in [1.82, 2.24) is 0 Å². The fraction of sp³-hybridized carbons (Fsp3) is 0.667. The second-order valence-corrected chi connectivity index (χ2v) is 7.74. The van der Waals surface area contributed by atoms with Gasteiger partial charge in [-0.3, -0.25) is 4.79 Å². The van der Waals surface area contributed by atoms with Crippen molar-refractivity contribution in [2.24, 2.45) is 11.8 Å². The normalized spacial score (nSPS) is 50.2. The van der Waals surface area contributed by atoms with Crippen molar-refractivity contribution in [2.45, 2.75) is 62.6 Å². The van der Waals surface area contributed by atoms with Gasteiger partial charge in [0.2, 0.25) is 0 Å². The molecule has 7 atom stereocenters. The van der Waals surface area contributed by atoms with Crippen LogP contribution in [0.4, 0.5) is 0 Å². The lowest BCUT2D eigenvalue weighted by atomic mass is 9.71. The van der Waals surface area contributed by atoms with E-state index in [1.165, 1.54) is 0 Å². The molecule has 2 heterocycles. The Morgan fingerprint density at radius 3 is 2.72 bits per heavy atom. The van der Waals surface area contributed by atoms with E-state index in [0.717, 1.165) is 0 Å². The first kappa shape index (κ1) is 16.8. The van der Waals surface area contributed by atoms with Crippen molar-refractivity contribution in [3.63, 3.8) is 0 Å². The molecule has 0 radical (unpaired) electrons. The molecule has 0 aromatic rings. The predicted molar refractivity (Wildman–Crippen MR) is 83.9 cm³/mol. The van der Waals surface area contributed by atoms with Crippen molar-refractivity contribution in [2.75, 3.05) is 0 Å². The van der Waals surface area contributed by atoms with E-state index in [1.54, 1.807) is 19.9 Å². The molecule has 2 aliphatic heterocycles. The van der Waals surface area contributed by atoms with Gasteiger partial charge in [0.1, 0.15) is 23.4 Å². The highest BCUT2D eigenvalue weighted by Crippen LogP contribution is 2.61. The minimum atomic E-state index is -1.39. The van der Waals surface area contributed by atoms with Gasteiger partial charge in [-0.05, 0) is 19.9 Å². The lowest BCUT2D eigenvalue weighted by molar-refractivity contribution is -0.361. The third kappa shape index (κ3) is 1.97. The first-order chi connectivity index (χ1) is 11.7. The van der Waals surface area contributed by atoms with E-state index >= 15 is 0 Å². The van der Waals surface area contributed by atoms with Gasteiger partial charge >= 0.3 is 11.9 Å². The number of rotatable bonds is 2. The summed E-state index contributed by atoms with van der Waals surface area (Å²) in [5.74, 6) is -1.93. The highest BCUT2D eigenvalue weighted by atomic mass is 17.2. The van der Waals surface area contributed by atoms with E-state index < -0.39 is 52.8 Å². The highest BCUT2D eigenvalue weighted by Gasteiger charge is 2.75. The van der Waals surface area contributed by atoms with Crippen LogP contribution in [0.5, 0.6) is 0 Å². The van der Waals surface area contributed by atoms with Crippen molar-refractivity contribution < 1.29 is 33.9 Å². The maximum absolute atomic E-state index is 12.2. The minimum Gasteiger partial charge on any atom is -0.461 e. The zero-order valence-corrected chi connectivity index (χ0v) is 14.5. The molecule has 3 fully saturated rings. The molecule has 1 saturated carbocycles. The summed E-state index contributed by atoms with van der Waals surface area (Å²) in [6, 6.07) is 0. The molecule has 25 heavy (non-hydrogen) atoms. The average Bonchev–Trinajstić information content (AvgIpc) is 3.10. The molecule has 0 aromatic heterocycles. The van der Waals surface area contributed by atoms with Crippen LogP contribution in [0.25, 0.3) is 0 Å². The Labute approximate surface area is 145 Å². The Morgan fingerprint density at radius 2 is 2.12 bits per heavy atom. The van der Waals surface area contributed by atoms with Gasteiger partial charge in [0.15, 0.2) is 5.60 Å². The third-order valence-electron chi connectivity index (χ3n) is 6.10. The predicted octanol–water partition coefficient (Wildman–Crippen LogP) is 1.21. The summed E-state index contributed by atoms with van der Waals surface area (Å²) in [5, 5.41) is 11.3. The van der Waals surface area contributed by atoms with Crippen LogP contribution in [0, 0.1) is 11.8 Å². The van der Waals surface area contributed by atoms with Crippen LogP contribution in [-0.4, -0.2) is 46.1 Å². The summed E-state index contributed by atoms with van der Waals surface area (Å²) in [6.45, 7) is 8.99. The number of carbonyl (C=O) groups is 2. The Balaban J connectivity index is 1.83. The Hall–Kier alpha value is -1.70. The Bertz CT molecular complexity index is 696. The van der Waals surface area contributed by atoms with Gasteiger partial charge in [-0.25, -0.2) is 14.6 Å². The monoisotopic (exact) mass is 350 g/mol. The number of fused-ring (bicyclic) bond motifs is 1. The van der Waals surface area contributed by atoms with Crippen molar-refractivity contribution in [1.29, 1.82) is 0 Å². The minimum absolute atomic E-state index is 0.0792. The third-order valence-corrected chi connectivity index (χ3v) is 6.10. The van der Waals surface area contributed by atoms with Crippen LogP contribution in [0.3, 0.4) is 0 Å². The fourth-order valence-electron chi connectivity index (χ4n) is 4.78. The van der Waals surface area contributed by atoms with Gasteiger partial charge in [-0.2, -0.15) is 0 Å². The second-order valence-electron chi connectivity index (χ2n) is 7.74. The van der Waals surface area contributed by atoms with Gasteiger partial charge in [0.05, 0.1) is 11.8 Å². The van der Waals surface area contributed by atoms with Crippen LogP contribution in [0.1, 0.15) is 33.6 Å². The summed E-state index contributed by atoms with van der Waals surface area (Å²) in [7, 11) is 0. The largest absolute Gasteiger partial charge is 0.461 e. The summed E-state index contributed by atoms with van der Waals surface area (Å²) in [4.78, 5) is 35.2. The van der Waals surface area contributed by atoms with E-state index in [9.17, 15) is 14.7 Å². The smallest absolute Gasteiger partial charge is 0.334 e. The molecular formula is C18H22O7. The maximum Gasteiger partial charge on any atom is 0.334 e. The highest BCUT2D eigenvalue weighted by molar-refractivity contribution is 5.91. The fourth-order valence-corrected chi connectivity index (χ4v) is 4.78. The Morgan fingerprint density at radius 1 is 1.40 bits per heavy atom. The molecule has 0 aromatic carbocycles. The van der Waals surface area contributed by atoms with Gasteiger partial charge < -0.3 is 14.6 Å².